The summed E-state index contributed by atoms with van der Waals surface area (Å²) in [6, 6.07) is 4.61. The van der Waals surface area contributed by atoms with Crippen LogP contribution < -0.4 is 35.3 Å². The van der Waals surface area contributed by atoms with Crippen LogP contribution in [-0.2, 0) is 21.7 Å². The third-order valence-corrected chi connectivity index (χ3v) is 4.13. The van der Waals surface area contributed by atoms with Gasteiger partial charge in [-0.3, -0.25) is 0 Å². The molecule has 0 bridgehead atoms. The second-order valence-electron chi connectivity index (χ2n) is 8.30. The zero-order chi connectivity index (χ0) is 19.3. The largest absolute Gasteiger partial charge is 4.00 e. The molecule has 2 nitrogen and oxygen atoms in total. The third-order valence-electron chi connectivity index (χ3n) is 4.13. The van der Waals surface area contributed by atoms with Gasteiger partial charge in [-0.05, 0) is 18.1 Å². The van der Waals surface area contributed by atoms with Gasteiger partial charge in [0.25, 0.3) is 0 Å². The molecule has 0 atom stereocenters. The molecule has 1 saturated heterocycles. The number of rotatable bonds is 1. The molecule has 29 heavy (non-hydrogen) atoms. The summed E-state index contributed by atoms with van der Waals surface area (Å²) in [7, 11) is 0.417. The second kappa shape index (κ2) is 13.9. The van der Waals surface area contributed by atoms with Gasteiger partial charge in [0.1, 0.15) is 0 Å². The molecule has 1 aromatic rings. The first-order valence-electron chi connectivity index (χ1n) is 9.92. The average Bonchev–Trinajstić information content (AvgIpc) is 3.21. The number of nitrogens with one attached hydrogen (secondary N) is 1. The van der Waals surface area contributed by atoms with Gasteiger partial charge in [-0.1, -0.05) is 76.3 Å². The van der Waals surface area contributed by atoms with Crippen LogP contribution in [0.3, 0.4) is 0 Å². The smallest absolute Gasteiger partial charge is 1.00 e. The Labute approximate surface area is 207 Å². The SMILES string of the molecule is CC(C)(C)[NH-].CC1=C(N2CCCC2)c2cc3c(cc2=[C-]1)C=CC=3.C[SiH2]C.[Cl-].[Cl-].[Ti+4]. The molecule has 1 aromatic carbocycles. The molecule has 0 saturated carbocycles. The van der Waals surface area contributed by atoms with E-state index in [0.717, 1.165) is 0 Å². The van der Waals surface area contributed by atoms with Crippen molar-refractivity contribution in [3.63, 3.8) is 0 Å². The predicted octanol–water partition coefficient (Wildman–Crippen LogP) is -1.91. The van der Waals surface area contributed by atoms with Gasteiger partial charge in [0.2, 0.25) is 0 Å². The fraction of sp³-hybridized carbons (Fsp3) is 0.478. The standard InChI is InChI=1S/C17H16N.C4H10N.C2H8Si.2ClH.Ti/c1-12-9-15-10-13-5-4-6-14(13)11-16(15)17(12)18-7-2-3-8-18;1-4(2,3)5;1-3-2;;;/h4-6,10-11H,2-3,7-8H2,1H3;5H,1-3H3;3H2,1-2H3;2*1H;/q2*-1;;;;+4/p-2. The molecule has 1 fully saturated rings. The van der Waals surface area contributed by atoms with Crippen LogP contribution in [0.5, 0.6) is 0 Å². The predicted molar refractivity (Wildman–Crippen MR) is 120 cm³/mol. The van der Waals surface area contributed by atoms with Crippen LogP contribution in [0.1, 0.15) is 51.7 Å². The number of fused-ring (bicyclic) bond motifs is 2. The number of hydrogen-bond donors (Lipinski definition) is 0. The average molecular weight is 485 g/mol. The van der Waals surface area contributed by atoms with Crippen LogP contribution in [0.25, 0.3) is 29.7 Å². The molecule has 3 aliphatic rings. The van der Waals surface area contributed by atoms with E-state index in [2.05, 4.69) is 61.4 Å². The molecule has 0 radical (unpaired) electrons. The molecule has 0 amide bonds. The van der Waals surface area contributed by atoms with Crippen molar-refractivity contribution in [3.8, 4) is 0 Å². The summed E-state index contributed by atoms with van der Waals surface area (Å²) < 4.78 is 0. The molecule has 2 aliphatic carbocycles. The maximum absolute atomic E-state index is 6.94. The van der Waals surface area contributed by atoms with Crippen molar-refractivity contribution in [3.05, 3.63) is 51.1 Å². The molecule has 0 spiro atoms. The van der Waals surface area contributed by atoms with E-state index in [1.807, 2.05) is 20.8 Å². The molecule has 0 unspecified atom stereocenters. The van der Waals surface area contributed by atoms with Crippen LogP contribution in [0, 0.1) is 0 Å². The summed E-state index contributed by atoms with van der Waals surface area (Å²) in [6.45, 7) is 14.7. The van der Waals surface area contributed by atoms with E-state index in [4.69, 9.17) is 5.73 Å². The Hall–Kier alpha value is -0.289. The monoisotopic (exact) mass is 484 g/mol. The van der Waals surface area contributed by atoms with Crippen molar-refractivity contribution < 1.29 is 46.5 Å². The molecule has 4 rings (SSSR count). The van der Waals surface area contributed by atoms with E-state index in [9.17, 15) is 0 Å². The summed E-state index contributed by atoms with van der Waals surface area (Å²) in [4.78, 5) is 2.53. The fourth-order valence-corrected chi connectivity index (χ4v) is 3.29. The van der Waals surface area contributed by atoms with Crippen LogP contribution in [-0.4, -0.2) is 33.0 Å². The number of allylic oxidation sites excluding steroid dienone is 2. The van der Waals surface area contributed by atoms with Gasteiger partial charge in [-0.15, -0.1) is 34.0 Å². The maximum Gasteiger partial charge on any atom is 4.00 e. The Bertz CT molecular complexity index is 815. The van der Waals surface area contributed by atoms with Crippen molar-refractivity contribution in [2.75, 3.05) is 13.1 Å². The van der Waals surface area contributed by atoms with E-state index in [1.54, 1.807) is 0 Å². The molecule has 1 N–H and O–H groups in total. The minimum absolute atomic E-state index is 0. The minimum atomic E-state index is -0.250. The van der Waals surface area contributed by atoms with E-state index in [1.165, 1.54) is 58.8 Å². The molecule has 6 heteroatoms. The first-order valence-corrected chi connectivity index (χ1v) is 12.7. The summed E-state index contributed by atoms with van der Waals surface area (Å²) in [6.07, 6.45) is 12.7. The Morgan fingerprint density at radius 3 is 2.10 bits per heavy atom. The van der Waals surface area contributed by atoms with Crippen LogP contribution in [0.15, 0.2) is 23.8 Å². The second-order valence-corrected chi connectivity index (χ2v) is 9.72. The Balaban J connectivity index is 0. The van der Waals surface area contributed by atoms with Crippen molar-refractivity contribution in [2.45, 2.75) is 59.2 Å². The zero-order valence-corrected chi connectivity index (χ0v) is 23.1. The van der Waals surface area contributed by atoms with Gasteiger partial charge < -0.3 is 35.4 Å². The Morgan fingerprint density at radius 1 is 1.07 bits per heavy atom. The Kier molecular flexibility index (Phi) is 14.8. The van der Waals surface area contributed by atoms with Gasteiger partial charge in [0.15, 0.2) is 0 Å². The Morgan fingerprint density at radius 2 is 1.59 bits per heavy atom. The van der Waals surface area contributed by atoms with Gasteiger partial charge >= 0.3 is 21.7 Å². The molecule has 1 aliphatic heterocycles. The summed E-state index contributed by atoms with van der Waals surface area (Å²) >= 11 is 0. The topological polar surface area (TPSA) is 27.0 Å². The molecule has 0 aromatic heterocycles. The maximum atomic E-state index is 6.94. The van der Waals surface area contributed by atoms with E-state index in [0.29, 0.717) is 9.52 Å². The van der Waals surface area contributed by atoms with Gasteiger partial charge in [0.05, 0.1) is 0 Å². The number of likely N-dealkylation sites (tertiary alicyclic amines) is 1. The number of hydrogen-bond acceptors (Lipinski definition) is 1. The first kappa shape index (κ1) is 30.9. The van der Waals surface area contributed by atoms with Crippen molar-refractivity contribution in [1.82, 2.24) is 4.90 Å². The fourth-order valence-electron chi connectivity index (χ4n) is 3.29. The molecular formula is C23H34Cl2N2SiTi. The normalized spacial score (nSPS) is 15.1. The first-order chi connectivity index (χ1) is 12.2. The summed E-state index contributed by atoms with van der Waals surface area (Å²) in [5.41, 5.74) is 12.1. The minimum Gasteiger partial charge on any atom is -1.00 e. The van der Waals surface area contributed by atoms with Crippen LogP contribution >= 0.6 is 0 Å². The van der Waals surface area contributed by atoms with Crippen molar-refractivity contribution in [2.24, 2.45) is 0 Å². The van der Waals surface area contributed by atoms with E-state index >= 15 is 0 Å². The van der Waals surface area contributed by atoms with E-state index < -0.39 is 0 Å². The third kappa shape index (κ3) is 9.16. The van der Waals surface area contributed by atoms with Gasteiger partial charge in [-0.2, -0.15) is 0 Å². The van der Waals surface area contributed by atoms with Gasteiger partial charge in [-0.25, -0.2) is 0 Å². The number of nitrogens with zero attached hydrogens (tertiary/aromatic N) is 1. The van der Waals surface area contributed by atoms with Crippen LogP contribution in [0.2, 0.25) is 13.1 Å². The summed E-state index contributed by atoms with van der Waals surface area (Å²) in [5, 5.41) is 2.62. The van der Waals surface area contributed by atoms with Crippen molar-refractivity contribution in [1.29, 1.82) is 0 Å². The quantitative estimate of drug-likeness (QED) is 0.337. The van der Waals surface area contributed by atoms with Gasteiger partial charge in [0, 0.05) is 22.6 Å². The molecule has 158 valence electrons. The van der Waals surface area contributed by atoms with Crippen LogP contribution in [0.4, 0.5) is 0 Å². The van der Waals surface area contributed by atoms with Crippen molar-refractivity contribution >= 4 is 33.4 Å². The number of benzene rings is 1. The zero-order valence-electron chi connectivity index (χ0n) is 18.6. The van der Waals surface area contributed by atoms with E-state index in [-0.39, 0.29) is 52.1 Å². The summed E-state index contributed by atoms with van der Waals surface area (Å²) in [5.74, 6) is 0. The number of halogens is 2. The molecular weight excluding hydrogens is 451 g/mol. The molecule has 1 heterocycles.